The molecular formula is C12H16N2O. The summed E-state index contributed by atoms with van der Waals surface area (Å²) in [4.78, 5) is 0. The fourth-order valence-corrected chi connectivity index (χ4v) is 0.880. The highest BCUT2D eigenvalue weighted by Gasteiger charge is 1.99. The quantitative estimate of drug-likeness (QED) is 0.714. The summed E-state index contributed by atoms with van der Waals surface area (Å²) in [5.41, 5.74) is 0.949. The van der Waals surface area contributed by atoms with Gasteiger partial charge in [-0.2, -0.15) is 0 Å². The van der Waals surface area contributed by atoms with E-state index in [0.29, 0.717) is 5.89 Å². The van der Waals surface area contributed by atoms with E-state index >= 15 is 0 Å². The smallest absolute Gasteiger partial charge is 0.247 e. The Balaban J connectivity index is 0.000000245. The normalized spacial score (nSPS) is 9.60. The van der Waals surface area contributed by atoms with Gasteiger partial charge in [0.1, 0.15) is 0 Å². The van der Waals surface area contributed by atoms with Gasteiger partial charge in [0, 0.05) is 5.56 Å². The number of benzene rings is 1. The highest BCUT2D eigenvalue weighted by molar-refractivity contribution is 5.51. The van der Waals surface area contributed by atoms with Gasteiger partial charge in [-0.3, -0.25) is 0 Å². The first-order valence-electron chi connectivity index (χ1n) is 5.01. The Morgan fingerprint density at radius 3 is 2.13 bits per heavy atom. The van der Waals surface area contributed by atoms with E-state index in [4.69, 9.17) is 4.42 Å². The lowest BCUT2D eigenvalue weighted by Gasteiger charge is -1.89. The van der Waals surface area contributed by atoms with Crippen molar-refractivity contribution in [3.8, 4) is 11.5 Å². The second kappa shape index (κ2) is 5.96. The molecule has 0 N–H and O–H groups in total. The molecule has 1 heterocycles. The molecule has 0 amide bonds. The average molecular weight is 204 g/mol. The third kappa shape index (κ3) is 4.40. The molecule has 2 aromatic rings. The van der Waals surface area contributed by atoms with E-state index in [1.807, 2.05) is 30.3 Å². The number of aromatic nitrogens is 2. The van der Waals surface area contributed by atoms with Crippen LogP contribution in [0.15, 0.2) is 41.1 Å². The van der Waals surface area contributed by atoms with Gasteiger partial charge < -0.3 is 4.42 Å². The molecule has 0 aliphatic carbocycles. The maximum Gasteiger partial charge on any atom is 0.247 e. The Labute approximate surface area is 90.2 Å². The van der Waals surface area contributed by atoms with E-state index in [2.05, 4.69) is 31.0 Å². The topological polar surface area (TPSA) is 38.9 Å². The monoisotopic (exact) mass is 204 g/mol. The van der Waals surface area contributed by atoms with Crippen molar-refractivity contribution in [3.63, 3.8) is 0 Å². The number of nitrogens with zero attached hydrogens (tertiary/aromatic N) is 2. The van der Waals surface area contributed by atoms with Crippen LogP contribution >= 0.6 is 0 Å². The average Bonchev–Trinajstić information content (AvgIpc) is 2.71. The zero-order chi connectivity index (χ0) is 11.1. The summed E-state index contributed by atoms with van der Waals surface area (Å²) in [5, 5.41) is 7.35. The lowest BCUT2D eigenvalue weighted by atomic mass is 10.2. The van der Waals surface area contributed by atoms with Crippen molar-refractivity contribution >= 4 is 0 Å². The summed E-state index contributed by atoms with van der Waals surface area (Å²) in [6.07, 6.45) is 1.32. The molecule has 0 radical (unpaired) electrons. The van der Waals surface area contributed by atoms with Gasteiger partial charge in [0.2, 0.25) is 12.3 Å². The summed E-state index contributed by atoms with van der Waals surface area (Å²) in [6, 6.07) is 9.65. The van der Waals surface area contributed by atoms with Gasteiger partial charge in [0.05, 0.1) is 0 Å². The molecule has 0 aliphatic rings. The van der Waals surface area contributed by atoms with Crippen LogP contribution in [-0.4, -0.2) is 10.2 Å². The van der Waals surface area contributed by atoms with Crippen LogP contribution in [0.5, 0.6) is 0 Å². The fraction of sp³-hybridized carbons (Fsp3) is 0.333. The highest BCUT2D eigenvalue weighted by Crippen LogP contribution is 2.13. The van der Waals surface area contributed by atoms with Gasteiger partial charge in [-0.25, -0.2) is 0 Å². The van der Waals surface area contributed by atoms with Crippen molar-refractivity contribution in [1.29, 1.82) is 0 Å². The van der Waals surface area contributed by atoms with Gasteiger partial charge in [0.15, 0.2) is 0 Å². The van der Waals surface area contributed by atoms with E-state index < -0.39 is 0 Å². The molecule has 80 valence electrons. The lowest BCUT2D eigenvalue weighted by molar-refractivity contribution is 0.568. The van der Waals surface area contributed by atoms with Crippen LogP contribution in [0.2, 0.25) is 0 Å². The second-order valence-electron chi connectivity index (χ2n) is 3.84. The molecule has 0 fully saturated rings. The van der Waals surface area contributed by atoms with Crippen molar-refractivity contribution in [3.05, 3.63) is 36.7 Å². The molecule has 3 nitrogen and oxygen atoms in total. The lowest BCUT2D eigenvalue weighted by Crippen LogP contribution is -1.75. The molecule has 2 rings (SSSR count). The number of hydrogen-bond acceptors (Lipinski definition) is 3. The second-order valence-corrected chi connectivity index (χ2v) is 3.84. The Bertz CT molecular complexity index is 352. The van der Waals surface area contributed by atoms with Gasteiger partial charge in [-0.1, -0.05) is 39.0 Å². The summed E-state index contributed by atoms with van der Waals surface area (Å²) < 4.78 is 5.00. The Hall–Kier alpha value is -1.64. The summed E-state index contributed by atoms with van der Waals surface area (Å²) >= 11 is 0. The Morgan fingerprint density at radius 1 is 1.07 bits per heavy atom. The first-order valence-corrected chi connectivity index (χ1v) is 5.01. The van der Waals surface area contributed by atoms with Crippen molar-refractivity contribution in [2.24, 2.45) is 5.92 Å². The van der Waals surface area contributed by atoms with Crippen molar-refractivity contribution in [2.45, 2.75) is 20.8 Å². The molecule has 0 unspecified atom stereocenters. The van der Waals surface area contributed by atoms with Crippen LogP contribution in [0.3, 0.4) is 0 Å². The molecule has 1 aromatic carbocycles. The largest absolute Gasteiger partial charge is 0.423 e. The molecular weight excluding hydrogens is 188 g/mol. The van der Waals surface area contributed by atoms with Crippen molar-refractivity contribution in [1.82, 2.24) is 10.2 Å². The summed E-state index contributed by atoms with van der Waals surface area (Å²) in [7, 11) is 0. The van der Waals surface area contributed by atoms with E-state index in [1.54, 1.807) is 0 Å². The van der Waals surface area contributed by atoms with Crippen LogP contribution in [0.4, 0.5) is 0 Å². The van der Waals surface area contributed by atoms with E-state index in [0.717, 1.165) is 11.5 Å². The molecule has 1 aromatic heterocycles. The molecule has 0 saturated heterocycles. The molecule has 0 atom stereocenters. The van der Waals surface area contributed by atoms with E-state index in [1.165, 1.54) is 6.39 Å². The predicted molar refractivity (Wildman–Crippen MR) is 60.2 cm³/mol. The van der Waals surface area contributed by atoms with Gasteiger partial charge in [0.25, 0.3) is 0 Å². The van der Waals surface area contributed by atoms with Crippen LogP contribution in [0.1, 0.15) is 20.8 Å². The first kappa shape index (κ1) is 11.4. The fourth-order valence-electron chi connectivity index (χ4n) is 0.880. The molecule has 0 bridgehead atoms. The zero-order valence-corrected chi connectivity index (χ0v) is 9.34. The molecule has 0 aliphatic heterocycles. The standard InChI is InChI=1S/C8H6N2O.C4H10/c1-2-4-7(5-3-1)8-10-9-6-11-8;1-4(2)3/h1-6H;4H,1-3H3. The van der Waals surface area contributed by atoms with Crippen LogP contribution in [-0.2, 0) is 0 Å². The molecule has 0 spiro atoms. The third-order valence-corrected chi connectivity index (χ3v) is 1.38. The Morgan fingerprint density at radius 2 is 1.67 bits per heavy atom. The van der Waals surface area contributed by atoms with E-state index in [9.17, 15) is 0 Å². The van der Waals surface area contributed by atoms with E-state index in [-0.39, 0.29) is 0 Å². The minimum absolute atomic E-state index is 0.561. The van der Waals surface area contributed by atoms with Crippen LogP contribution in [0, 0.1) is 5.92 Å². The third-order valence-electron chi connectivity index (χ3n) is 1.38. The predicted octanol–water partition coefficient (Wildman–Crippen LogP) is 3.40. The van der Waals surface area contributed by atoms with Gasteiger partial charge in [-0.05, 0) is 18.1 Å². The summed E-state index contributed by atoms with van der Waals surface area (Å²) in [6.45, 7) is 6.50. The minimum atomic E-state index is 0.561. The maximum absolute atomic E-state index is 5.00. The van der Waals surface area contributed by atoms with Crippen LogP contribution in [0.25, 0.3) is 11.5 Å². The SMILES string of the molecule is CC(C)C.c1ccc(-c2nnco2)cc1. The number of hydrogen-bond donors (Lipinski definition) is 0. The molecule has 15 heavy (non-hydrogen) atoms. The molecule has 0 saturated carbocycles. The minimum Gasteiger partial charge on any atom is -0.423 e. The summed E-state index contributed by atoms with van der Waals surface area (Å²) in [5.74, 6) is 1.39. The van der Waals surface area contributed by atoms with Crippen molar-refractivity contribution < 1.29 is 4.42 Å². The van der Waals surface area contributed by atoms with Gasteiger partial charge >= 0.3 is 0 Å². The number of rotatable bonds is 1. The van der Waals surface area contributed by atoms with Crippen LogP contribution < -0.4 is 0 Å². The first-order chi connectivity index (χ1) is 7.20. The highest BCUT2D eigenvalue weighted by atomic mass is 16.4. The van der Waals surface area contributed by atoms with Crippen molar-refractivity contribution in [2.75, 3.05) is 0 Å². The maximum atomic E-state index is 5.00. The van der Waals surface area contributed by atoms with Gasteiger partial charge in [-0.15, -0.1) is 10.2 Å². The molecule has 3 heteroatoms. The zero-order valence-electron chi connectivity index (χ0n) is 9.34. The Kier molecular flexibility index (Phi) is 4.54.